The Balaban J connectivity index is 2.05. The minimum atomic E-state index is -0.681. The van der Waals surface area contributed by atoms with Crippen LogP contribution in [0.4, 0.5) is 5.69 Å². The van der Waals surface area contributed by atoms with Crippen LogP contribution in [0.25, 0.3) is 11.1 Å². The zero-order valence-electron chi connectivity index (χ0n) is 12.8. The van der Waals surface area contributed by atoms with Crippen LogP contribution in [0.1, 0.15) is 21.9 Å². The predicted molar refractivity (Wildman–Crippen MR) is 81.0 cm³/mol. The van der Waals surface area contributed by atoms with Crippen molar-refractivity contribution in [1.82, 2.24) is 4.57 Å². The van der Waals surface area contributed by atoms with Gasteiger partial charge in [-0.25, -0.2) is 9.59 Å². The van der Waals surface area contributed by atoms with Crippen molar-refractivity contribution in [2.24, 2.45) is 0 Å². The molecule has 0 unspecified atom stereocenters. The van der Waals surface area contributed by atoms with Crippen molar-refractivity contribution >= 4 is 22.8 Å². The van der Waals surface area contributed by atoms with Crippen LogP contribution in [0.5, 0.6) is 0 Å². The maximum Gasteiger partial charge on any atom is 0.420 e. The average molecular weight is 332 g/mol. The third kappa shape index (κ3) is 2.56. The Hall–Kier alpha value is -3.36. The molecule has 0 amide bonds. The van der Waals surface area contributed by atoms with Gasteiger partial charge in [-0.3, -0.25) is 14.7 Å². The molecular formula is C15H12N2O7. The Kier molecular flexibility index (Phi) is 3.68. The van der Waals surface area contributed by atoms with Crippen LogP contribution < -0.4 is 5.76 Å². The number of benzene rings is 1. The number of oxazole rings is 1. The number of rotatable bonds is 4. The van der Waals surface area contributed by atoms with Gasteiger partial charge in [0, 0.05) is 12.1 Å². The molecule has 0 saturated heterocycles. The lowest BCUT2D eigenvalue weighted by molar-refractivity contribution is -0.384. The molecule has 0 aliphatic heterocycles. The van der Waals surface area contributed by atoms with Gasteiger partial charge in [0.25, 0.3) is 5.69 Å². The molecule has 0 saturated carbocycles. The molecule has 0 fully saturated rings. The Labute approximate surface area is 134 Å². The molecule has 0 radical (unpaired) electrons. The SMILES string of the molecule is COC(=O)c1cc(Cn2c(=O)oc3ccc([N+](=O)[O-])cc32)oc1C. The second-order valence-corrected chi connectivity index (χ2v) is 5.04. The molecule has 3 aromatic rings. The van der Waals surface area contributed by atoms with Crippen LogP contribution in [-0.2, 0) is 11.3 Å². The molecule has 24 heavy (non-hydrogen) atoms. The molecule has 0 spiro atoms. The number of nitro benzene ring substituents is 1. The fraction of sp³-hybridized carbons (Fsp3) is 0.200. The maximum atomic E-state index is 12.0. The van der Waals surface area contributed by atoms with Crippen molar-refractivity contribution in [2.45, 2.75) is 13.5 Å². The molecule has 0 aliphatic carbocycles. The van der Waals surface area contributed by atoms with E-state index in [2.05, 4.69) is 4.74 Å². The molecule has 2 aromatic heterocycles. The third-order valence-corrected chi connectivity index (χ3v) is 3.55. The van der Waals surface area contributed by atoms with Crippen molar-refractivity contribution in [2.75, 3.05) is 7.11 Å². The Bertz CT molecular complexity index is 1010. The van der Waals surface area contributed by atoms with Crippen molar-refractivity contribution in [3.8, 4) is 0 Å². The number of fused-ring (bicyclic) bond motifs is 1. The summed E-state index contributed by atoms with van der Waals surface area (Å²) in [7, 11) is 1.25. The lowest BCUT2D eigenvalue weighted by Gasteiger charge is -1.99. The first-order valence-electron chi connectivity index (χ1n) is 6.86. The molecule has 1 aromatic carbocycles. The second kappa shape index (κ2) is 5.69. The van der Waals surface area contributed by atoms with Crippen LogP contribution in [0.3, 0.4) is 0 Å². The standard InChI is InChI=1S/C15H12N2O7/c1-8-11(14(18)22-2)6-10(23-8)7-16-12-5-9(17(20)21)3-4-13(12)24-15(16)19/h3-6H,7H2,1-2H3. The average Bonchev–Trinajstić information content (AvgIpc) is 3.06. The molecule has 3 rings (SSSR count). The zero-order chi connectivity index (χ0) is 17.4. The van der Waals surface area contributed by atoms with Gasteiger partial charge in [-0.1, -0.05) is 0 Å². The fourth-order valence-electron chi connectivity index (χ4n) is 2.40. The number of furan rings is 1. The number of carbonyl (C=O) groups is 1. The first-order chi connectivity index (χ1) is 11.4. The van der Waals surface area contributed by atoms with E-state index < -0.39 is 16.6 Å². The highest BCUT2D eigenvalue weighted by Crippen LogP contribution is 2.22. The van der Waals surface area contributed by atoms with Crippen LogP contribution in [0.15, 0.2) is 37.9 Å². The van der Waals surface area contributed by atoms with Crippen LogP contribution in [0.2, 0.25) is 0 Å². The summed E-state index contributed by atoms with van der Waals surface area (Å²) >= 11 is 0. The first kappa shape index (κ1) is 15.5. The number of methoxy groups -OCH3 is 1. The third-order valence-electron chi connectivity index (χ3n) is 3.55. The number of aromatic nitrogens is 1. The highest BCUT2D eigenvalue weighted by Gasteiger charge is 2.19. The first-order valence-corrected chi connectivity index (χ1v) is 6.86. The zero-order valence-corrected chi connectivity index (χ0v) is 12.8. The lowest BCUT2D eigenvalue weighted by atomic mass is 10.2. The Morgan fingerprint density at radius 1 is 1.33 bits per heavy atom. The normalized spacial score (nSPS) is 10.9. The minimum absolute atomic E-state index is 0.0369. The monoisotopic (exact) mass is 332 g/mol. The number of carbonyl (C=O) groups excluding carboxylic acids is 1. The largest absolute Gasteiger partial charge is 0.465 e. The number of hydrogen-bond acceptors (Lipinski definition) is 7. The number of esters is 1. The molecule has 0 bridgehead atoms. The quantitative estimate of drug-likeness (QED) is 0.408. The highest BCUT2D eigenvalue weighted by atomic mass is 16.6. The molecule has 124 valence electrons. The van der Waals surface area contributed by atoms with Gasteiger partial charge in [-0.2, -0.15) is 0 Å². The Morgan fingerprint density at radius 3 is 2.75 bits per heavy atom. The summed E-state index contributed by atoms with van der Waals surface area (Å²) in [4.78, 5) is 33.9. The van der Waals surface area contributed by atoms with Gasteiger partial charge >= 0.3 is 11.7 Å². The number of non-ortho nitro benzene ring substituents is 1. The summed E-state index contributed by atoms with van der Waals surface area (Å²) in [5, 5.41) is 10.9. The van der Waals surface area contributed by atoms with E-state index >= 15 is 0 Å². The summed E-state index contributed by atoms with van der Waals surface area (Å²) in [5.41, 5.74) is 0.576. The van der Waals surface area contributed by atoms with Gasteiger partial charge < -0.3 is 13.6 Å². The molecule has 0 atom stereocenters. The highest BCUT2D eigenvalue weighted by molar-refractivity contribution is 5.90. The van der Waals surface area contributed by atoms with E-state index in [0.717, 1.165) is 0 Å². The van der Waals surface area contributed by atoms with Crippen molar-refractivity contribution < 1.29 is 23.3 Å². The number of nitrogens with zero attached hydrogens (tertiary/aromatic N) is 2. The number of aryl methyl sites for hydroxylation is 1. The summed E-state index contributed by atoms with van der Waals surface area (Å²) < 4.78 is 16.4. The number of hydrogen-bond donors (Lipinski definition) is 0. The summed E-state index contributed by atoms with van der Waals surface area (Å²) in [6.45, 7) is 1.56. The topological polar surface area (TPSA) is 118 Å². The van der Waals surface area contributed by atoms with Gasteiger partial charge in [-0.05, 0) is 19.1 Å². The molecule has 9 heteroatoms. The van der Waals surface area contributed by atoms with Gasteiger partial charge in [0.15, 0.2) is 5.58 Å². The molecule has 9 nitrogen and oxygen atoms in total. The number of nitro groups is 1. The van der Waals surface area contributed by atoms with Gasteiger partial charge in [0.05, 0.1) is 24.1 Å². The van der Waals surface area contributed by atoms with Crippen LogP contribution in [-0.4, -0.2) is 22.6 Å². The van der Waals surface area contributed by atoms with Crippen molar-refractivity contribution in [1.29, 1.82) is 0 Å². The molecule has 0 N–H and O–H groups in total. The van der Waals surface area contributed by atoms with Gasteiger partial charge in [0.1, 0.15) is 17.1 Å². The smallest absolute Gasteiger partial charge is 0.420 e. The van der Waals surface area contributed by atoms with E-state index in [1.807, 2.05) is 0 Å². The lowest BCUT2D eigenvalue weighted by Crippen LogP contribution is -2.14. The van der Waals surface area contributed by atoms with E-state index in [4.69, 9.17) is 8.83 Å². The summed E-state index contributed by atoms with van der Waals surface area (Å²) in [6.07, 6.45) is 0. The summed E-state index contributed by atoms with van der Waals surface area (Å²) in [6, 6.07) is 5.32. The van der Waals surface area contributed by atoms with Crippen molar-refractivity contribution in [3.05, 3.63) is 62.0 Å². The van der Waals surface area contributed by atoms with E-state index in [0.29, 0.717) is 11.5 Å². The van der Waals surface area contributed by atoms with Crippen LogP contribution in [0, 0.1) is 17.0 Å². The van der Waals surface area contributed by atoms with E-state index in [1.165, 1.54) is 35.9 Å². The number of ether oxygens (including phenoxy) is 1. The fourth-order valence-corrected chi connectivity index (χ4v) is 2.40. The van der Waals surface area contributed by atoms with Gasteiger partial charge in [-0.15, -0.1) is 0 Å². The predicted octanol–water partition coefficient (Wildman–Crippen LogP) is 2.24. The van der Waals surface area contributed by atoms with Crippen molar-refractivity contribution in [3.63, 3.8) is 0 Å². The Morgan fingerprint density at radius 2 is 2.08 bits per heavy atom. The maximum absolute atomic E-state index is 12.0. The molecule has 0 aliphatic rings. The summed E-state index contributed by atoms with van der Waals surface area (Å²) in [5.74, 6) is -0.561. The van der Waals surface area contributed by atoms with E-state index in [1.54, 1.807) is 6.92 Å². The minimum Gasteiger partial charge on any atom is -0.465 e. The van der Waals surface area contributed by atoms with E-state index in [-0.39, 0.29) is 28.9 Å². The molecule has 2 heterocycles. The van der Waals surface area contributed by atoms with Crippen LogP contribution >= 0.6 is 0 Å². The molecular weight excluding hydrogens is 320 g/mol. The van der Waals surface area contributed by atoms with Gasteiger partial charge in [0.2, 0.25) is 0 Å². The van der Waals surface area contributed by atoms with E-state index in [9.17, 15) is 19.7 Å². The second-order valence-electron chi connectivity index (χ2n) is 5.04.